The van der Waals surface area contributed by atoms with Gasteiger partial charge in [-0.05, 0) is 46.0 Å². The average Bonchev–Trinajstić information content (AvgIpc) is 2.60. The van der Waals surface area contributed by atoms with Crippen molar-refractivity contribution in [1.82, 2.24) is 10.2 Å². The first-order valence-electron chi connectivity index (χ1n) is 7.28. The van der Waals surface area contributed by atoms with Crippen LogP contribution in [0.4, 0.5) is 0 Å². The summed E-state index contributed by atoms with van der Waals surface area (Å²) in [5, 5.41) is 12.8. The fourth-order valence-corrected chi connectivity index (χ4v) is 3.42. The smallest absolute Gasteiger partial charge is 0.237 e. The van der Waals surface area contributed by atoms with Gasteiger partial charge in [0.05, 0.1) is 12.1 Å². The Bertz CT molecular complexity index is 294. The zero-order valence-electron chi connectivity index (χ0n) is 11.7. The predicted molar refractivity (Wildman–Crippen MR) is 71.2 cm³/mol. The molecule has 4 atom stereocenters. The second-order valence-corrected chi connectivity index (χ2v) is 5.95. The fraction of sp³-hybridized carbons (Fsp3) is 0.929. The molecule has 2 rings (SSSR count). The highest BCUT2D eigenvalue weighted by Crippen LogP contribution is 2.37. The maximum absolute atomic E-state index is 12.2. The average molecular weight is 254 g/mol. The predicted octanol–water partition coefficient (Wildman–Crippen LogP) is 1.28. The lowest BCUT2D eigenvalue weighted by Gasteiger charge is -2.40. The Kier molecular flexibility index (Phi) is 4.28. The van der Waals surface area contributed by atoms with Crippen molar-refractivity contribution in [2.45, 2.75) is 83.1 Å². The first kappa shape index (κ1) is 13.8. The standard InChI is InChI=1S/C14H26N2O2/c1-4-9(2)15-14(18)10(3)16-11-5-6-12(16)8-13(17)7-11/h9-13,17H,4-8H2,1-3H3,(H,15,18). The van der Waals surface area contributed by atoms with Gasteiger partial charge in [-0.2, -0.15) is 0 Å². The Morgan fingerprint density at radius 2 is 1.89 bits per heavy atom. The minimum absolute atomic E-state index is 0.0657. The normalized spacial score (nSPS) is 35.2. The molecule has 4 heteroatoms. The molecular formula is C14H26N2O2. The number of hydrogen-bond donors (Lipinski definition) is 2. The van der Waals surface area contributed by atoms with Crippen LogP contribution in [0, 0.1) is 0 Å². The number of aliphatic hydroxyl groups excluding tert-OH is 1. The number of nitrogens with one attached hydrogen (secondary N) is 1. The molecule has 0 aromatic heterocycles. The van der Waals surface area contributed by atoms with Gasteiger partial charge in [0, 0.05) is 18.1 Å². The Balaban J connectivity index is 1.97. The van der Waals surface area contributed by atoms with Gasteiger partial charge in [0.15, 0.2) is 0 Å². The Labute approximate surface area is 110 Å². The summed E-state index contributed by atoms with van der Waals surface area (Å²) >= 11 is 0. The molecule has 2 bridgehead atoms. The zero-order valence-corrected chi connectivity index (χ0v) is 11.7. The first-order valence-corrected chi connectivity index (χ1v) is 7.28. The third-order valence-corrected chi connectivity index (χ3v) is 4.59. The monoisotopic (exact) mass is 254 g/mol. The molecule has 0 spiro atoms. The van der Waals surface area contributed by atoms with E-state index in [0.29, 0.717) is 12.1 Å². The molecule has 1 amide bonds. The number of nitrogens with zero attached hydrogens (tertiary/aromatic N) is 1. The highest BCUT2D eigenvalue weighted by Gasteiger charge is 2.43. The topological polar surface area (TPSA) is 52.6 Å². The van der Waals surface area contributed by atoms with Gasteiger partial charge in [-0.15, -0.1) is 0 Å². The van der Waals surface area contributed by atoms with Gasteiger partial charge in [0.1, 0.15) is 0 Å². The van der Waals surface area contributed by atoms with Crippen LogP contribution in [0.3, 0.4) is 0 Å². The van der Waals surface area contributed by atoms with Gasteiger partial charge < -0.3 is 10.4 Å². The third kappa shape index (κ3) is 2.69. The van der Waals surface area contributed by atoms with Crippen LogP contribution >= 0.6 is 0 Å². The maximum Gasteiger partial charge on any atom is 0.237 e. The fourth-order valence-electron chi connectivity index (χ4n) is 3.42. The molecule has 4 unspecified atom stereocenters. The van der Waals surface area contributed by atoms with Crippen molar-refractivity contribution in [2.24, 2.45) is 0 Å². The van der Waals surface area contributed by atoms with E-state index in [1.807, 2.05) is 13.8 Å². The largest absolute Gasteiger partial charge is 0.393 e. The van der Waals surface area contributed by atoms with E-state index in [1.165, 1.54) is 0 Å². The van der Waals surface area contributed by atoms with Crippen LogP contribution in [0.25, 0.3) is 0 Å². The summed E-state index contributed by atoms with van der Waals surface area (Å²) in [5.74, 6) is 0.137. The van der Waals surface area contributed by atoms with Crippen LogP contribution in [0.2, 0.25) is 0 Å². The quantitative estimate of drug-likeness (QED) is 0.794. The molecule has 4 nitrogen and oxygen atoms in total. The molecule has 2 heterocycles. The Hall–Kier alpha value is -0.610. The van der Waals surface area contributed by atoms with E-state index in [2.05, 4.69) is 17.1 Å². The van der Waals surface area contributed by atoms with Gasteiger partial charge in [0.25, 0.3) is 0 Å². The van der Waals surface area contributed by atoms with Crippen LogP contribution in [0.15, 0.2) is 0 Å². The van der Waals surface area contributed by atoms with Gasteiger partial charge in [-0.1, -0.05) is 6.92 Å². The van der Waals surface area contributed by atoms with Crippen molar-refractivity contribution in [3.05, 3.63) is 0 Å². The molecule has 2 saturated heterocycles. The molecule has 0 radical (unpaired) electrons. The van der Waals surface area contributed by atoms with Crippen molar-refractivity contribution in [2.75, 3.05) is 0 Å². The number of hydrogen-bond acceptors (Lipinski definition) is 3. The third-order valence-electron chi connectivity index (χ3n) is 4.59. The summed E-state index contributed by atoms with van der Waals surface area (Å²) < 4.78 is 0. The molecular weight excluding hydrogens is 228 g/mol. The van der Waals surface area contributed by atoms with Gasteiger partial charge in [-0.25, -0.2) is 0 Å². The molecule has 2 N–H and O–H groups in total. The zero-order chi connectivity index (χ0) is 13.3. The van der Waals surface area contributed by atoms with E-state index in [-0.39, 0.29) is 24.1 Å². The number of fused-ring (bicyclic) bond motifs is 2. The number of piperidine rings is 1. The highest BCUT2D eigenvalue weighted by molar-refractivity contribution is 5.81. The lowest BCUT2D eigenvalue weighted by atomic mass is 9.97. The number of amides is 1. The minimum atomic E-state index is -0.163. The molecule has 2 aliphatic rings. The van der Waals surface area contributed by atoms with Crippen LogP contribution in [-0.2, 0) is 4.79 Å². The van der Waals surface area contributed by atoms with Gasteiger partial charge >= 0.3 is 0 Å². The lowest BCUT2D eigenvalue weighted by Crippen LogP contribution is -2.55. The van der Waals surface area contributed by atoms with E-state index in [1.54, 1.807) is 0 Å². The summed E-state index contributed by atoms with van der Waals surface area (Å²) in [4.78, 5) is 14.5. The van der Waals surface area contributed by atoms with Gasteiger partial charge in [-0.3, -0.25) is 9.69 Å². The summed E-state index contributed by atoms with van der Waals surface area (Å²) in [6.07, 6.45) is 4.72. The highest BCUT2D eigenvalue weighted by atomic mass is 16.3. The first-order chi connectivity index (χ1) is 8.52. The van der Waals surface area contributed by atoms with Crippen molar-refractivity contribution >= 4 is 5.91 Å². The molecule has 104 valence electrons. The molecule has 2 fully saturated rings. The summed E-state index contributed by atoms with van der Waals surface area (Å²) in [6.45, 7) is 6.12. The second kappa shape index (κ2) is 5.57. The Morgan fingerprint density at radius 3 is 2.39 bits per heavy atom. The Morgan fingerprint density at radius 1 is 1.33 bits per heavy atom. The molecule has 0 aromatic rings. The van der Waals surface area contributed by atoms with Crippen LogP contribution in [0.5, 0.6) is 0 Å². The van der Waals surface area contributed by atoms with E-state index in [0.717, 1.165) is 32.1 Å². The lowest BCUT2D eigenvalue weighted by molar-refractivity contribution is -0.129. The molecule has 18 heavy (non-hydrogen) atoms. The van der Waals surface area contributed by atoms with Crippen LogP contribution in [0.1, 0.15) is 52.9 Å². The molecule has 2 aliphatic heterocycles. The van der Waals surface area contributed by atoms with Crippen LogP contribution < -0.4 is 5.32 Å². The molecule has 0 aliphatic carbocycles. The van der Waals surface area contributed by atoms with E-state index >= 15 is 0 Å². The number of aliphatic hydroxyl groups is 1. The summed E-state index contributed by atoms with van der Waals surface area (Å²) in [5.41, 5.74) is 0. The van der Waals surface area contributed by atoms with Crippen molar-refractivity contribution < 1.29 is 9.90 Å². The number of rotatable bonds is 4. The van der Waals surface area contributed by atoms with Gasteiger partial charge in [0.2, 0.25) is 5.91 Å². The molecule has 0 aromatic carbocycles. The second-order valence-electron chi connectivity index (χ2n) is 5.95. The number of carbonyl (C=O) groups excluding carboxylic acids is 1. The summed E-state index contributed by atoms with van der Waals surface area (Å²) in [7, 11) is 0. The van der Waals surface area contributed by atoms with Crippen LogP contribution in [-0.4, -0.2) is 46.2 Å². The van der Waals surface area contributed by atoms with Crippen molar-refractivity contribution in [3.63, 3.8) is 0 Å². The van der Waals surface area contributed by atoms with Crippen molar-refractivity contribution in [3.8, 4) is 0 Å². The molecule has 0 saturated carbocycles. The van der Waals surface area contributed by atoms with E-state index in [9.17, 15) is 9.90 Å². The van der Waals surface area contributed by atoms with E-state index in [4.69, 9.17) is 0 Å². The number of carbonyl (C=O) groups is 1. The summed E-state index contributed by atoms with van der Waals surface area (Å²) in [6, 6.07) is 0.977. The van der Waals surface area contributed by atoms with Crippen molar-refractivity contribution in [1.29, 1.82) is 0 Å². The minimum Gasteiger partial charge on any atom is -0.393 e. The maximum atomic E-state index is 12.2. The SMILES string of the molecule is CCC(C)NC(=O)C(C)N1C2CCC1CC(O)C2. The van der Waals surface area contributed by atoms with E-state index < -0.39 is 0 Å².